The number of anilines is 1. The first kappa shape index (κ1) is 26.1. The third kappa shape index (κ3) is 6.24. The van der Waals surface area contributed by atoms with E-state index in [2.05, 4.69) is 22.4 Å². The first-order valence-electron chi connectivity index (χ1n) is 12.0. The Hall–Kier alpha value is -3.98. The van der Waals surface area contributed by atoms with Crippen molar-refractivity contribution in [2.24, 2.45) is 11.0 Å². The standard InChI is InChI=1S/C27H28ClN5O4/c1-4-18-15-25(34)33(32-26(18)19-8-12-22(36-3)23(14-19)37-5-2)16-17-6-9-20(10-7-17)29-27(35)21-11-13-24(28)31-30-21/h6-14,18H,4-5,15-16H2,1-3H3,(H,29,35). The van der Waals surface area contributed by atoms with Crippen molar-refractivity contribution in [1.29, 1.82) is 0 Å². The van der Waals surface area contributed by atoms with E-state index in [9.17, 15) is 9.59 Å². The van der Waals surface area contributed by atoms with E-state index in [1.54, 1.807) is 19.2 Å². The van der Waals surface area contributed by atoms with Gasteiger partial charge >= 0.3 is 0 Å². The van der Waals surface area contributed by atoms with E-state index < -0.39 is 5.91 Å². The molecule has 0 bridgehead atoms. The molecule has 0 saturated heterocycles. The van der Waals surface area contributed by atoms with E-state index in [4.69, 9.17) is 26.2 Å². The van der Waals surface area contributed by atoms with Crippen LogP contribution in [0.25, 0.3) is 0 Å². The maximum atomic E-state index is 12.9. The highest BCUT2D eigenvalue weighted by Crippen LogP contribution is 2.32. The van der Waals surface area contributed by atoms with Crippen LogP contribution in [0.15, 0.2) is 59.7 Å². The first-order valence-corrected chi connectivity index (χ1v) is 12.4. The van der Waals surface area contributed by atoms with Crippen molar-refractivity contribution in [3.05, 3.63) is 76.6 Å². The fourth-order valence-corrected chi connectivity index (χ4v) is 4.14. The van der Waals surface area contributed by atoms with Crippen molar-refractivity contribution in [3.63, 3.8) is 0 Å². The number of rotatable bonds is 9. The molecule has 1 unspecified atom stereocenters. The van der Waals surface area contributed by atoms with Gasteiger partial charge in [0.05, 0.1) is 26.0 Å². The number of methoxy groups -OCH3 is 1. The summed E-state index contributed by atoms with van der Waals surface area (Å²) in [7, 11) is 1.60. The molecule has 37 heavy (non-hydrogen) atoms. The number of hydrogen-bond acceptors (Lipinski definition) is 7. The van der Waals surface area contributed by atoms with Gasteiger partial charge in [-0.25, -0.2) is 5.01 Å². The number of hydrogen-bond donors (Lipinski definition) is 1. The van der Waals surface area contributed by atoms with E-state index >= 15 is 0 Å². The molecule has 0 radical (unpaired) electrons. The maximum Gasteiger partial charge on any atom is 0.276 e. The van der Waals surface area contributed by atoms with Gasteiger partial charge in [-0.05, 0) is 61.4 Å². The normalized spacial score (nSPS) is 15.2. The van der Waals surface area contributed by atoms with E-state index in [1.807, 2.05) is 37.3 Å². The zero-order chi connectivity index (χ0) is 26.4. The quantitative estimate of drug-likeness (QED) is 0.427. The van der Waals surface area contributed by atoms with Gasteiger partial charge in [0.1, 0.15) is 0 Å². The zero-order valence-corrected chi connectivity index (χ0v) is 21.7. The minimum absolute atomic E-state index is 0.0141. The number of carbonyl (C=O) groups excluding carboxylic acids is 2. The van der Waals surface area contributed by atoms with Gasteiger partial charge in [0.2, 0.25) is 5.91 Å². The molecule has 1 aliphatic heterocycles. The molecule has 2 aromatic carbocycles. The number of nitrogens with one attached hydrogen (secondary N) is 1. The van der Waals surface area contributed by atoms with Crippen LogP contribution in [0.1, 0.15) is 48.3 Å². The number of carbonyl (C=O) groups is 2. The molecule has 10 heteroatoms. The number of hydrazone groups is 1. The highest BCUT2D eigenvalue weighted by atomic mass is 35.5. The highest BCUT2D eigenvalue weighted by Gasteiger charge is 2.29. The van der Waals surface area contributed by atoms with Gasteiger partial charge in [-0.1, -0.05) is 30.7 Å². The lowest BCUT2D eigenvalue weighted by atomic mass is 9.89. The van der Waals surface area contributed by atoms with Crippen LogP contribution in [-0.2, 0) is 11.3 Å². The minimum atomic E-state index is -0.395. The molecule has 1 aromatic heterocycles. The van der Waals surface area contributed by atoms with Crippen LogP contribution in [0, 0.1) is 5.92 Å². The van der Waals surface area contributed by atoms with Gasteiger partial charge in [0, 0.05) is 23.6 Å². The monoisotopic (exact) mass is 521 g/mol. The zero-order valence-electron chi connectivity index (χ0n) is 20.9. The summed E-state index contributed by atoms with van der Waals surface area (Å²) in [6, 6.07) is 15.9. The topological polar surface area (TPSA) is 106 Å². The number of ether oxygens (including phenoxy) is 2. The van der Waals surface area contributed by atoms with Crippen LogP contribution in [0.4, 0.5) is 5.69 Å². The summed E-state index contributed by atoms with van der Waals surface area (Å²) in [6.07, 6.45) is 1.17. The van der Waals surface area contributed by atoms with Gasteiger partial charge in [-0.2, -0.15) is 5.10 Å². The number of benzene rings is 2. The van der Waals surface area contributed by atoms with Gasteiger partial charge < -0.3 is 14.8 Å². The fraction of sp³-hybridized carbons (Fsp3) is 0.296. The van der Waals surface area contributed by atoms with Crippen molar-refractivity contribution in [1.82, 2.24) is 15.2 Å². The molecule has 4 rings (SSSR count). The average Bonchev–Trinajstić information content (AvgIpc) is 2.91. The lowest BCUT2D eigenvalue weighted by Gasteiger charge is -2.29. The fourth-order valence-electron chi connectivity index (χ4n) is 4.04. The second-order valence-electron chi connectivity index (χ2n) is 8.44. The van der Waals surface area contributed by atoms with Crippen LogP contribution >= 0.6 is 11.6 Å². The Balaban J connectivity index is 1.51. The molecular weight excluding hydrogens is 494 g/mol. The number of nitrogens with zero attached hydrogens (tertiary/aromatic N) is 4. The summed E-state index contributed by atoms with van der Waals surface area (Å²) in [5, 5.41) is 16.7. The van der Waals surface area contributed by atoms with Crippen molar-refractivity contribution >= 4 is 34.8 Å². The lowest BCUT2D eigenvalue weighted by Crippen LogP contribution is -2.36. The molecule has 192 valence electrons. The molecule has 0 saturated carbocycles. The molecule has 1 N–H and O–H groups in total. The Kier molecular flexibility index (Phi) is 8.35. The van der Waals surface area contributed by atoms with Gasteiger partial charge in [-0.3, -0.25) is 9.59 Å². The maximum absolute atomic E-state index is 12.9. The Morgan fingerprint density at radius 2 is 1.86 bits per heavy atom. The summed E-state index contributed by atoms with van der Waals surface area (Å²) in [6.45, 7) is 4.79. The molecule has 3 aromatic rings. The highest BCUT2D eigenvalue weighted by molar-refractivity contribution is 6.29. The van der Waals surface area contributed by atoms with Crippen molar-refractivity contribution in [2.45, 2.75) is 33.2 Å². The second kappa shape index (κ2) is 11.8. The minimum Gasteiger partial charge on any atom is -0.493 e. The SMILES string of the molecule is CCOc1cc(C2=NN(Cc3ccc(NC(=O)c4ccc(Cl)nn4)cc3)C(=O)CC2CC)ccc1OC. The van der Waals surface area contributed by atoms with Crippen molar-refractivity contribution < 1.29 is 19.1 Å². The second-order valence-corrected chi connectivity index (χ2v) is 8.82. The van der Waals surface area contributed by atoms with Crippen LogP contribution < -0.4 is 14.8 Å². The third-order valence-corrected chi connectivity index (χ3v) is 6.19. The predicted octanol–water partition coefficient (Wildman–Crippen LogP) is 4.95. The van der Waals surface area contributed by atoms with E-state index in [0.717, 1.165) is 23.3 Å². The Bertz CT molecular complexity index is 1300. The molecule has 1 atom stereocenters. The van der Waals surface area contributed by atoms with Gasteiger partial charge in [-0.15, -0.1) is 10.2 Å². The third-order valence-electron chi connectivity index (χ3n) is 5.98. The van der Waals surface area contributed by atoms with Crippen LogP contribution in [0.3, 0.4) is 0 Å². The molecule has 1 aliphatic rings. The van der Waals surface area contributed by atoms with Crippen molar-refractivity contribution in [3.8, 4) is 11.5 Å². The Labute approximate surface area is 220 Å². The molecule has 2 amide bonds. The van der Waals surface area contributed by atoms with Crippen LogP contribution in [-0.4, -0.2) is 46.4 Å². The summed E-state index contributed by atoms with van der Waals surface area (Å²) in [5.74, 6) is 0.880. The van der Waals surface area contributed by atoms with E-state index in [0.29, 0.717) is 36.8 Å². The molecule has 0 aliphatic carbocycles. The smallest absolute Gasteiger partial charge is 0.276 e. The average molecular weight is 522 g/mol. The number of amides is 2. The van der Waals surface area contributed by atoms with Gasteiger partial charge in [0.15, 0.2) is 22.3 Å². The summed E-state index contributed by atoms with van der Waals surface area (Å²) in [5.41, 5.74) is 3.37. The van der Waals surface area contributed by atoms with Gasteiger partial charge in [0.25, 0.3) is 5.91 Å². The molecular formula is C27H28ClN5O4. The molecule has 0 spiro atoms. The molecule has 0 fully saturated rings. The summed E-state index contributed by atoms with van der Waals surface area (Å²) >= 11 is 5.72. The largest absolute Gasteiger partial charge is 0.493 e. The van der Waals surface area contributed by atoms with Crippen LogP contribution in [0.2, 0.25) is 5.15 Å². The van der Waals surface area contributed by atoms with Crippen molar-refractivity contribution in [2.75, 3.05) is 19.0 Å². The summed E-state index contributed by atoms with van der Waals surface area (Å²) in [4.78, 5) is 25.3. The molecule has 2 heterocycles. The predicted molar refractivity (Wildman–Crippen MR) is 141 cm³/mol. The molecule has 9 nitrogen and oxygen atoms in total. The van der Waals surface area contributed by atoms with Crippen LogP contribution in [0.5, 0.6) is 11.5 Å². The number of aromatic nitrogens is 2. The lowest BCUT2D eigenvalue weighted by molar-refractivity contribution is -0.133. The van der Waals surface area contributed by atoms with E-state index in [-0.39, 0.29) is 22.7 Å². The number of halogens is 1. The Morgan fingerprint density at radius 3 is 2.51 bits per heavy atom. The first-order chi connectivity index (χ1) is 17.9. The van der Waals surface area contributed by atoms with E-state index in [1.165, 1.54) is 17.1 Å². The summed E-state index contributed by atoms with van der Waals surface area (Å²) < 4.78 is 11.1. The Morgan fingerprint density at radius 1 is 1.08 bits per heavy atom.